The Bertz CT molecular complexity index is 820. The van der Waals surface area contributed by atoms with Gasteiger partial charge in [-0.25, -0.2) is 24.4 Å². The van der Waals surface area contributed by atoms with Crippen molar-refractivity contribution in [2.45, 2.75) is 6.92 Å². The monoisotopic (exact) mass is 325 g/mol. The van der Waals surface area contributed by atoms with Gasteiger partial charge in [0.2, 0.25) is 0 Å². The van der Waals surface area contributed by atoms with E-state index in [1.165, 1.54) is 23.7 Å². The van der Waals surface area contributed by atoms with Gasteiger partial charge in [0.05, 0.1) is 12.3 Å². The summed E-state index contributed by atoms with van der Waals surface area (Å²) in [5, 5.41) is 9.35. The van der Waals surface area contributed by atoms with Crippen molar-refractivity contribution in [1.29, 1.82) is 0 Å². The van der Waals surface area contributed by atoms with Crippen molar-refractivity contribution in [2.24, 2.45) is 0 Å². The standard InChI is InChI=1S/C15H15N7O2/c1-2-24-12-6-4-3-5-11(12)20-15(23)21-13-7-14(18-9-17-13)22-10-16-8-19-22/h3-10H,2H2,1H3,(H2,17,18,20,21,23). The van der Waals surface area contributed by atoms with E-state index in [0.29, 0.717) is 29.7 Å². The van der Waals surface area contributed by atoms with Crippen LogP contribution in [0.5, 0.6) is 5.75 Å². The summed E-state index contributed by atoms with van der Waals surface area (Å²) < 4.78 is 6.94. The Balaban J connectivity index is 1.71. The number of urea groups is 1. The maximum absolute atomic E-state index is 12.2. The summed E-state index contributed by atoms with van der Waals surface area (Å²) in [6, 6.07) is 8.33. The second kappa shape index (κ2) is 7.18. The highest BCUT2D eigenvalue weighted by Gasteiger charge is 2.09. The number of nitrogens with zero attached hydrogens (tertiary/aromatic N) is 5. The van der Waals surface area contributed by atoms with Gasteiger partial charge >= 0.3 is 6.03 Å². The fourth-order valence-electron chi connectivity index (χ4n) is 1.99. The summed E-state index contributed by atoms with van der Waals surface area (Å²) in [6.07, 6.45) is 4.23. The third kappa shape index (κ3) is 3.64. The number of benzene rings is 1. The highest BCUT2D eigenvalue weighted by Crippen LogP contribution is 2.23. The molecule has 0 fully saturated rings. The van der Waals surface area contributed by atoms with Gasteiger partial charge in [0.1, 0.15) is 30.5 Å². The number of ether oxygens (including phenoxy) is 1. The van der Waals surface area contributed by atoms with Gasteiger partial charge in [-0.1, -0.05) is 12.1 Å². The van der Waals surface area contributed by atoms with Crippen LogP contribution in [0.4, 0.5) is 16.3 Å². The van der Waals surface area contributed by atoms with E-state index in [2.05, 4.69) is 30.7 Å². The zero-order valence-electron chi connectivity index (χ0n) is 12.9. The summed E-state index contributed by atoms with van der Waals surface area (Å²) in [5.74, 6) is 1.43. The van der Waals surface area contributed by atoms with Crippen molar-refractivity contribution in [3.8, 4) is 11.6 Å². The second-order valence-corrected chi connectivity index (χ2v) is 4.61. The Labute approximate surface area is 137 Å². The molecule has 122 valence electrons. The van der Waals surface area contributed by atoms with Gasteiger partial charge < -0.3 is 10.1 Å². The lowest BCUT2D eigenvalue weighted by molar-refractivity contribution is 0.262. The predicted octanol–water partition coefficient (Wildman–Crippen LogP) is 2.10. The van der Waals surface area contributed by atoms with Crippen molar-refractivity contribution in [3.63, 3.8) is 0 Å². The minimum atomic E-state index is -0.439. The Kier molecular flexibility index (Phi) is 4.61. The fourth-order valence-corrected chi connectivity index (χ4v) is 1.99. The number of para-hydroxylation sites is 2. The number of rotatable bonds is 5. The molecule has 0 aliphatic heterocycles. The lowest BCUT2D eigenvalue weighted by Gasteiger charge is -2.12. The van der Waals surface area contributed by atoms with Crippen LogP contribution in [0.15, 0.2) is 49.3 Å². The van der Waals surface area contributed by atoms with E-state index in [0.717, 1.165) is 0 Å². The maximum Gasteiger partial charge on any atom is 0.324 e. The van der Waals surface area contributed by atoms with E-state index in [4.69, 9.17) is 4.74 Å². The van der Waals surface area contributed by atoms with Crippen LogP contribution >= 0.6 is 0 Å². The van der Waals surface area contributed by atoms with Crippen LogP contribution in [0.2, 0.25) is 0 Å². The van der Waals surface area contributed by atoms with Crippen molar-refractivity contribution in [1.82, 2.24) is 24.7 Å². The third-order valence-electron chi connectivity index (χ3n) is 2.98. The lowest BCUT2D eigenvalue weighted by Crippen LogP contribution is -2.21. The quantitative estimate of drug-likeness (QED) is 0.744. The summed E-state index contributed by atoms with van der Waals surface area (Å²) >= 11 is 0. The van der Waals surface area contributed by atoms with E-state index >= 15 is 0 Å². The molecule has 0 spiro atoms. The molecule has 9 nitrogen and oxygen atoms in total. The van der Waals surface area contributed by atoms with Gasteiger partial charge in [-0.05, 0) is 19.1 Å². The first-order chi connectivity index (χ1) is 11.8. The van der Waals surface area contributed by atoms with Crippen LogP contribution in [-0.2, 0) is 0 Å². The van der Waals surface area contributed by atoms with E-state index < -0.39 is 6.03 Å². The van der Waals surface area contributed by atoms with Crippen LogP contribution < -0.4 is 15.4 Å². The Morgan fingerprint density at radius 2 is 2.08 bits per heavy atom. The molecule has 1 aromatic carbocycles. The average Bonchev–Trinajstić information content (AvgIpc) is 3.12. The van der Waals surface area contributed by atoms with Crippen LogP contribution in [-0.4, -0.2) is 37.4 Å². The van der Waals surface area contributed by atoms with Crippen molar-refractivity contribution < 1.29 is 9.53 Å². The molecule has 0 aliphatic carbocycles. The van der Waals surface area contributed by atoms with Gasteiger partial charge in [-0.2, -0.15) is 5.10 Å². The van der Waals surface area contributed by atoms with E-state index in [9.17, 15) is 4.79 Å². The third-order valence-corrected chi connectivity index (χ3v) is 2.98. The lowest BCUT2D eigenvalue weighted by atomic mass is 10.3. The zero-order valence-corrected chi connectivity index (χ0v) is 12.9. The van der Waals surface area contributed by atoms with Crippen molar-refractivity contribution >= 4 is 17.5 Å². The first kappa shape index (κ1) is 15.4. The molecule has 24 heavy (non-hydrogen) atoms. The molecule has 2 amide bonds. The second-order valence-electron chi connectivity index (χ2n) is 4.61. The van der Waals surface area contributed by atoms with Crippen molar-refractivity contribution in [2.75, 3.05) is 17.2 Å². The number of anilines is 2. The zero-order chi connectivity index (χ0) is 16.8. The molecular weight excluding hydrogens is 310 g/mol. The van der Waals surface area contributed by atoms with Gasteiger partial charge in [0, 0.05) is 6.07 Å². The van der Waals surface area contributed by atoms with Crippen LogP contribution in [0, 0.1) is 0 Å². The number of hydrogen-bond acceptors (Lipinski definition) is 6. The van der Waals surface area contributed by atoms with E-state index in [1.807, 2.05) is 19.1 Å². The predicted molar refractivity (Wildman–Crippen MR) is 87.2 cm³/mol. The Hall–Kier alpha value is -3.49. The number of carbonyl (C=O) groups is 1. The van der Waals surface area contributed by atoms with Crippen molar-refractivity contribution in [3.05, 3.63) is 49.3 Å². The molecular formula is C15H15N7O2. The smallest absolute Gasteiger partial charge is 0.324 e. The molecule has 0 radical (unpaired) electrons. The fraction of sp³-hybridized carbons (Fsp3) is 0.133. The maximum atomic E-state index is 12.2. The molecule has 0 saturated carbocycles. The minimum absolute atomic E-state index is 0.335. The van der Waals surface area contributed by atoms with Crippen LogP contribution in [0.3, 0.4) is 0 Å². The SMILES string of the molecule is CCOc1ccccc1NC(=O)Nc1cc(-n2cncn2)ncn1. The van der Waals surface area contributed by atoms with Gasteiger partial charge in [-0.15, -0.1) is 0 Å². The normalized spacial score (nSPS) is 10.2. The largest absolute Gasteiger partial charge is 0.492 e. The molecule has 0 saturated heterocycles. The number of nitrogens with one attached hydrogen (secondary N) is 2. The molecule has 0 atom stereocenters. The molecule has 2 heterocycles. The number of aromatic nitrogens is 5. The van der Waals surface area contributed by atoms with E-state index in [-0.39, 0.29) is 0 Å². The summed E-state index contributed by atoms with van der Waals surface area (Å²) in [6.45, 7) is 2.39. The highest BCUT2D eigenvalue weighted by molar-refractivity contribution is 6.00. The van der Waals surface area contributed by atoms with Crippen LogP contribution in [0.25, 0.3) is 5.82 Å². The molecule has 3 rings (SSSR count). The first-order valence-corrected chi connectivity index (χ1v) is 7.23. The Morgan fingerprint density at radius 1 is 1.21 bits per heavy atom. The molecule has 0 unspecified atom stereocenters. The van der Waals surface area contributed by atoms with Gasteiger partial charge in [0.25, 0.3) is 0 Å². The molecule has 2 N–H and O–H groups in total. The summed E-state index contributed by atoms with van der Waals surface area (Å²) in [7, 11) is 0. The highest BCUT2D eigenvalue weighted by atomic mass is 16.5. The van der Waals surface area contributed by atoms with Gasteiger partial charge in [-0.3, -0.25) is 5.32 Å². The summed E-state index contributed by atoms with van der Waals surface area (Å²) in [4.78, 5) is 24.1. The number of amides is 2. The molecule has 0 bridgehead atoms. The van der Waals surface area contributed by atoms with E-state index in [1.54, 1.807) is 18.2 Å². The Morgan fingerprint density at radius 3 is 2.88 bits per heavy atom. The van der Waals surface area contributed by atoms with Crippen LogP contribution in [0.1, 0.15) is 6.92 Å². The molecule has 9 heteroatoms. The minimum Gasteiger partial charge on any atom is -0.492 e. The first-order valence-electron chi connectivity index (χ1n) is 7.23. The number of hydrogen-bond donors (Lipinski definition) is 2. The average molecular weight is 325 g/mol. The molecule has 3 aromatic rings. The molecule has 0 aliphatic rings. The van der Waals surface area contributed by atoms with Gasteiger partial charge in [0.15, 0.2) is 5.82 Å². The summed E-state index contributed by atoms with van der Waals surface area (Å²) in [5.41, 5.74) is 0.572. The topological polar surface area (TPSA) is 107 Å². The molecule has 2 aromatic heterocycles. The number of carbonyl (C=O) groups excluding carboxylic acids is 1.